The van der Waals surface area contributed by atoms with Gasteiger partial charge in [-0.3, -0.25) is 0 Å². The molecule has 0 heterocycles. The molecule has 0 aromatic carbocycles. The molecule has 0 unspecified atom stereocenters. The van der Waals surface area contributed by atoms with Gasteiger partial charge in [-0.05, 0) is 0 Å². The van der Waals surface area contributed by atoms with Gasteiger partial charge in [-0.25, -0.2) is 0 Å². The van der Waals surface area contributed by atoms with Crippen molar-refractivity contribution in [2.24, 2.45) is 0 Å². The van der Waals surface area contributed by atoms with Crippen LogP contribution in [0.25, 0.3) is 0 Å². The van der Waals surface area contributed by atoms with Crippen LogP contribution in [0.5, 0.6) is 0 Å². The molecule has 0 rings (SSSR count). The monoisotopic (exact) mass is 322 g/mol. The molecule has 0 atom stereocenters. The molecule has 0 aromatic heterocycles. The van der Waals surface area contributed by atoms with Crippen LogP contribution in [0.2, 0.25) is 0 Å². The van der Waals surface area contributed by atoms with E-state index in [1.54, 1.807) is 0 Å². The Balaban J connectivity index is 2.83. The highest BCUT2D eigenvalue weighted by molar-refractivity contribution is 8.02. The second kappa shape index (κ2) is 16.6. The molecule has 0 bridgehead atoms. The lowest BCUT2D eigenvalue weighted by Gasteiger charge is -2.03. The van der Waals surface area contributed by atoms with E-state index in [2.05, 4.69) is 0 Å². The minimum Gasteiger partial charge on any atom is -0.380 e. The number of rotatable bonds is 13. The molecule has 0 aromatic rings. The molecule has 98 valence electrons. The third-order valence-electron chi connectivity index (χ3n) is 1.56. The van der Waals surface area contributed by atoms with Gasteiger partial charge in [0, 0.05) is 46.3 Å². The third kappa shape index (κ3) is 15.6. The summed E-state index contributed by atoms with van der Waals surface area (Å²) in [7, 11) is 0. The molecule has 0 aliphatic rings. The lowest BCUT2D eigenvalue weighted by molar-refractivity contribution is 0.167. The Morgan fingerprint density at radius 1 is 0.625 bits per heavy atom. The predicted octanol–water partition coefficient (Wildman–Crippen LogP) is 3.68. The van der Waals surface area contributed by atoms with Crippen LogP contribution in [0, 0.1) is 0 Å². The van der Waals surface area contributed by atoms with E-state index >= 15 is 0 Å². The Morgan fingerprint density at radius 2 is 1.06 bits per heavy atom. The molecule has 6 heteroatoms. The van der Waals surface area contributed by atoms with E-state index in [1.165, 1.54) is 11.5 Å². The summed E-state index contributed by atoms with van der Waals surface area (Å²) in [6, 6.07) is 0. The fraction of sp³-hybridized carbons (Fsp3) is 1.00. The van der Waals surface area contributed by atoms with Crippen molar-refractivity contribution in [2.45, 2.75) is 0 Å². The van der Waals surface area contributed by atoms with Gasteiger partial charge < -0.3 is 4.74 Å². The highest BCUT2D eigenvalue weighted by Crippen LogP contribution is 2.07. The fourth-order valence-electron chi connectivity index (χ4n) is 0.871. The minimum absolute atomic E-state index is 0.737. The van der Waals surface area contributed by atoms with E-state index in [1.807, 2.05) is 35.3 Å². The Bertz CT molecular complexity index is 117. The van der Waals surface area contributed by atoms with E-state index in [9.17, 15) is 0 Å². The molecule has 1 nitrogen and oxygen atoms in total. The number of hydrogen-bond acceptors (Lipinski definition) is 4. The first-order chi connectivity index (χ1) is 7.91. The summed E-state index contributed by atoms with van der Waals surface area (Å²) in [5, 5.41) is 0. The smallest absolute Gasteiger partial charge is 0.0557 e. The molecule has 0 aliphatic carbocycles. The molecule has 0 saturated heterocycles. The van der Waals surface area contributed by atoms with Crippen molar-refractivity contribution in [3.8, 4) is 0 Å². The SMILES string of the molecule is ClCCSCCOCCSCCSCCCl. The van der Waals surface area contributed by atoms with Crippen LogP contribution in [-0.4, -0.2) is 59.5 Å². The average Bonchev–Trinajstić information content (AvgIpc) is 2.31. The zero-order valence-corrected chi connectivity index (χ0v) is 13.4. The van der Waals surface area contributed by atoms with Crippen molar-refractivity contribution < 1.29 is 4.74 Å². The lowest BCUT2D eigenvalue weighted by Crippen LogP contribution is -2.02. The molecule has 16 heavy (non-hydrogen) atoms. The summed E-state index contributed by atoms with van der Waals surface area (Å²) in [5.41, 5.74) is 0. The highest BCUT2D eigenvalue weighted by atomic mass is 35.5. The zero-order chi connectivity index (χ0) is 11.9. The van der Waals surface area contributed by atoms with Crippen molar-refractivity contribution in [3.05, 3.63) is 0 Å². The van der Waals surface area contributed by atoms with Crippen molar-refractivity contribution >= 4 is 58.5 Å². The summed E-state index contributed by atoms with van der Waals surface area (Å²) >= 11 is 16.9. The van der Waals surface area contributed by atoms with Crippen LogP contribution in [0.4, 0.5) is 0 Å². The molecule has 0 radical (unpaired) electrons. The third-order valence-corrected chi connectivity index (χ3v) is 5.53. The van der Waals surface area contributed by atoms with Crippen molar-refractivity contribution in [3.63, 3.8) is 0 Å². The summed E-state index contributed by atoms with van der Waals surface area (Å²) < 4.78 is 5.50. The summed E-state index contributed by atoms with van der Waals surface area (Å²) in [5.74, 6) is 8.15. The Morgan fingerprint density at radius 3 is 1.56 bits per heavy atom. The Hall–Kier alpha value is 1.59. The van der Waals surface area contributed by atoms with Gasteiger partial charge in [-0.15, -0.1) is 23.2 Å². The molecular weight excluding hydrogens is 303 g/mol. The standard InChI is InChI=1S/C10H20Cl2OS3/c11-1-5-14-7-3-13-4-8-16-10-9-15-6-2-12/h1-10H2. The van der Waals surface area contributed by atoms with Crippen LogP contribution in [0.15, 0.2) is 0 Å². The minimum atomic E-state index is 0.737. The van der Waals surface area contributed by atoms with Gasteiger partial charge >= 0.3 is 0 Å². The van der Waals surface area contributed by atoms with Gasteiger partial charge in [0.05, 0.1) is 13.2 Å². The number of hydrogen-bond donors (Lipinski definition) is 0. The van der Waals surface area contributed by atoms with Crippen molar-refractivity contribution in [2.75, 3.05) is 59.5 Å². The number of halogens is 2. The first kappa shape index (κ1) is 17.6. The molecular formula is C10H20Cl2OS3. The van der Waals surface area contributed by atoms with Gasteiger partial charge in [0.1, 0.15) is 0 Å². The average molecular weight is 323 g/mol. The number of ether oxygens (including phenoxy) is 1. The van der Waals surface area contributed by atoms with Crippen LogP contribution in [0.1, 0.15) is 0 Å². The van der Waals surface area contributed by atoms with Crippen molar-refractivity contribution in [1.29, 1.82) is 0 Å². The molecule has 0 amide bonds. The van der Waals surface area contributed by atoms with Gasteiger partial charge in [-0.1, -0.05) is 0 Å². The maximum Gasteiger partial charge on any atom is 0.0557 e. The first-order valence-corrected chi connectivity index (χ1v) is 9.88. The Kier molecular flexibility index (Phi) is 18.2. The molecule has 0 aliphatic heterocycles. The normalized spacial score (nSPS) is 10.9. The first-order valence-electron chi connectivity index (χ1n) is 5.34. The van der Waals surface area contributed by atoms with Crippen LogP contribution in [0.3, 0.4) is 0 Å². The second-order valence-electron chi connectivity index (χ2n) is 2.83. The molecule has 0 fully saturated rings. The maximum absolute atomic E-state index is 5.58. The van der Waals surface area contributed by atoms with Crippen LogP contribution < -0.4 is 0 Å². The summed E-state index contributed by atoms with van der Waals surface area (Å²) in [6.07, 6.45) is 0. The molecule has 0 saturated carbocycles. The molecule has 0 N–H and O–H groups in total. The van der Waals surface area contributed by atoms with E-state index in [-0.39, 0.29) is 0 Å². The topological polar surface area (TPSA) is 9.23 Å². The fourth-order valence-corrected chi connectivity index (χ4v) is 3.77. The van der Waals surface area contributed by atoms with Crippen LogP contribution >= 0.6 is 58.5 Å². The van der Waals surface area contributed by atoms with E-state index in [0.29, 0.717) is 0 Å². The lowest BCUT2D eigenvalue weighted by atomic mass is 10.8. The van der Waals surface area contributed by atoms with Gasteiger partial charge in [-0.2, -0.15) is 35.3 Å². The summed E-state index contributed by atoms with van der Waals surface area (Å²) in [4.78, 5) is 0. The van der Waals surface area contributed by atoms with E-state index in [0.717, 1.165) is 48.0 Å². The predicted molar refractivity (Wildman–Crippen MR) is 84.2 cm³/mol. The highest BCUT2D eigenvalue weighted by Gasteiger charge is 1.92. The van der Waals surface area contributed by atoms with Crippen LogP contribution in [-0.2, 0) is 4.74 Å². The van der Waals surface area contributed by atoms with Crippen molar-refractivity contribution in [1.82, 2.24) is 0 Å². The zero-order valence-electron chi connectivity index (χ0n) is 9.46. The summed E-state index contributed by atoms with van der Waals surface area (Å²) in [6.45, 7) is 1.72. The number of alkyl halides is 2. The van der Waals surface area contributed by atoms with Gasteiger partial charge in [0.15, 0.2) is 0 Å². The largest absolute Gasteiger partial charge is 0.380 e. The van der Waals surface area contributed by atoms with E-state index < -0.39 is 0 Å². The van der Waals surface area contributed by atoms with Gasteiger partial charge in [0.25, 0.3) is 0 Å². The van der Waals surface area contributed by atoms with E-state index in [4.69, 9.17) is 27.9 Å². The Labute approximate surface area is 122 Å². The maximum atomic E-state index is 5.58. The number of thioether (sulfide) groups is 3. The second-order valence-corrected chi connectivity index (χ2v) is 7.26. The molecule has 0 spiro atoms. The quantitative estimate of drug-likeness (QED) is 0.377. The van der Waals surface area contributed by atoms with Gasteiger partial charge in [0.2, 0.25) is 0 Å².